The maximum atomic E-state index is 5.79. The van der Waals surface area contributed by atoms with E-state index in [1.807, 2.05) is 14.2 Å². The molecule has 2 saturated carbocycles. The molecule has 0 spiro atoms. The van der Waals surface area contributed by atoms with E-state index in [1.165, 1.54) is 51.4 Å². The first-order chi connectivity index (χ1) is 9.11. The Morgan fingerprint density at radius 3 is 1.47 bits per heavy atom. The Hall–Kier alpha value is 1.40. The molecule has 0 saturated heterocycles. The molecule has 2 aliphatic rings. The van der Waals surface area contributed by atoms with Gasteiger partial charge in [0.1, 0.15) is 0 Å². The Kier molecular flexibility index (Phi) is 6.70. The van der Waals surface area contributed by atoms with Gasteiger partial charge >= 0.3 is 134 Å². The molecule has 114 valence electrons. The summed E-state index contributed by atoms with van der Waals surface area (Å²) in [7, 11) is 1.86. The topological polar surface area (TPSA) is 18.5 Å². The van der Waals surface area contributed by atoms with Crippen LogP contribution >= 0.6 is 28.2 Å². The molecule has 2 rings (SSSR count). The first-order valence-electron chi connectivity index (χ1n) is 7.37. The molecule has 0 heterocycles. The molecular weight excluding hydrogens is 439 g/mol. The summed E-state index contributed by atoms with van der Waals surface area (Å²) < 4.78 is 11.6. The van der Waals surface area contributed by atoms with Crippen molar-refractivity contribution >= 4 is 37.4 Å². The van der Waals surface area contributed by atoms with E-state index in [9.17, 15) is 0 Å². The summed E-state index contributed by atoms with van der Waals surface area (Å²) in [6.45, 7) is 0. The van der Waals surface area contributed by atoms with Crippen molar-refractivity contribution in [2.45, 2.75) is 73.2 Å². The third-order valence-electron chi connectivity index (χ3n) is 4.70. The van der Waals surface area contributed by atoms with E-state index in [2.05, 4.69) is 28.2 Å². The molecular formula is C14H26Br2O2Se. The van der Waals surface area contributed by atoms with E-state index in [1.54, 1.807) is 0 Å². The van der Waals surface area contributed by atoms with Gasteiger partial charge in [-0.1, -0.05) is 0 Å². The normalized spacial score (nSPS) is 38.1. The molecule has 5 heteroatoms. The van der Waals surface area contributed by atoms with Crippen molar-refractivity contribution in [3.05, 3.63) is 0 Å². The Bertz CT molecular complexity index is 263. The zero-order chi connectivity index (χ0) is 13.9. The minimum absolute atomic E-state index is 0.437. The van der Waals surface area contributed by atoms with Gasteiger partial charge in [0.2, 0.25) is 0 Å². The molecule has 4 atom stereocenters. The summed E-state index contributed by atoms with van der Waals surface area (Å²) in [5.74, 6) is 0. The van der Waals surface area contributed by atoms with Crippen molar-refractivity contribution in [2.24, 2.45) is 0 Å². The zero-order valence-electron chi connectivity index (χ0n) is 11.9. The molecule has 0 aliphatic heterocycles. The molecule has 0 N–H and O–H groups in total. The monoisotopic (exact) mass is 464 g/mol. The van der Waals surface area contributed by atoms with E-state index in [-0.39, 0.29) is 0 Å². The molecule has 0 bridgehead atoms. The van der Waals surface area contributed by atoms with E-state index in [0.717, 1.165) is 0 Å². The van der Waals surface area contributed by atoms with Crippen LogP contribution in [0.4, 0.5) is 0 Å². The van der Waals surface area contributed by atoms with Gasteiger partial charge in [0.15, 0.2) is 0 Å². The Morgan fingerprint density at radius 2 is 1.11 bits per heavy atom. The third kappa shape index (κ3) is 3.78. The first kappa shape index (κ1) is 16.8. The van der Waals surface area contributed by atoms with E-state index >= 15 is 0 Å². The van der Waals surface area contributed by atoms with Gasteiger partial charge in [-0.3, -0.25) is 0 Å². The molecule has 2 fully saturated rings. The predicted octanol–water partition coefficient (Wildman–Crippen LogP) is 5.14. The zero-order valence-corrected chi connectivity index (χ0v) is 16.8. The summed E-state index contributed by atoms with van der Waals surface area (Å²) in [5, 5.41) is 0. The third-order valence-corrected chi connectivity index (χ3v) is 20.3. The SMILES string of the molecule is COC1CCCCC1[Se](Br)(Br)C1CCCCC1OC. The fourth-order valence-electron chi connectivity index (χ4n) is 3.61. The van der Waals surface area contributed by atoms with Crippen LogP contribution in [-0.2, 0) is 9.47 Å². The van der Waals surface area contributed by atoms with Crippen LogP contribution < -0.4 is 0 Å². The Morgan fingerprint density at radius 1 is 0.737 bits per heavy atom. The predicted molar refractivity (Wildman–Crippen MR) is 89.6 cm³/mol. The second-order valence-corrected chi connectivity index (χ2v) is 26.2. The molecule has 0 radical (unpaired) electrons. The van der Waals surface area contributed by atoms with Crippen molar-refractivity contribution in [3.63, 3.8) is 0 Å². The van der Waals surface area contributed by atoms with Crippen LogP contribution in [0, 0.1) is 0 Å². The average Bonchev–Trinajstić information content (AvgIpc) is 2.47. The number of hydrogen-bond acceptors (Lipinski definition) is 2. The Labute approximate surface area is 134 Å². The number of ether oxygens (including phenoxy) is 2. The molecule has 0 aromatic rings. The van der Waals surface area contributed by atoms with Crippen LogP contribution in [0.2, 0.25) is 9.63 Å². The van der Waals surface area contributed by atoms with E-state index < -0.39 is 9.23 Å². The van der Waals surface area contributed by atoms with Gasteiger partial charge in [-0.2, -0.15) is 0 Å². The van der Waals surface area contributed by atoms with Crippen molar-refractivity contribution in [1.29, 1.82) is 0 Å². The van der Waals surface area contributed by atoms with Crippen molar-refractivity contribution in [3.8, 4) is 0 Å². The van der Waals surface area contributed by atoms with Crippen molar-refractivity contribution < 1.29 is 9.47 Å². The first-order valence-corrected chi connectivity index (χ1v) is 17.4. The van der Waals surface area contributed by atoms with Gasteiger partial charge in [-0.05, 0) is 0 Å². The van der Waals surface area contributed by atoms with Gasteiger partial charge < -0.3 is 0 Å². The number of rotatable bonds is 4. The van der Waals surface area contributed by atoms with Crippen molar-refractivity contribution in [2.75, 3.05) is 14.2 Å². The quantitative estimate of drug-likeness (QED) is 0.536. The molecule has 19 heavy (non-hydrogen) atoms. The standard InChI is InChI=1S/C14H26Br2O2Se/c1-17-11-7-3-5-9-13(11)19(15,16)14-10-6-4-8-12(14)18-2/h11-14H,3-10H2,1-2H3. The number of hydrogen-bond donors (Lipinski definition) is 0. The van der Waals surface area contributed by atoms with E-state index in [4.69, 9.17) is 9.47 Å². The molecule has 0 amide bonds. The molecule has 2 aliphatic carbocycles. The molecule has 2 nitrogen and oxygen atoms in total. The minimum atomic E-state index is -1.90. The molecule has 4 unspecified atom stereocenters. The maximum absolute atomic E-state index is 5.79. The molecule has 0 aromatic heterocycles. The van der Waals surface area contributed by atoms with Crippen molar-refractivity contribution in [1.82, 2.24) is 0 Å². The fourth-order valence-corrected chi connectivity index (χ4v) is 18.2. The van der Waals surface area contributed by atoms with Crippen LogP contribution in [-0.4, -0.2) is 35.7 Å². The van der Waals surface area contributed by atoms with Gasteiger partial charge in [0.25, 0.3) is 0 Å². The van der Waals surface area contributed by atoms with Crippen LogP contribution in [0.3, 0.4) is 0 Å². The van der Waals surface area contributed by atoms with Crippen LogP contribution in [0.15, 0.2) is 0 Å². The summed E-state index contributed by atoms with van der Waals surface area (Å²) in [6, 6.07) is 0. The molecule has 0 aromatic carbocycles. The van der Waals surface area contributed by atoms with Crippen LogP contribution in [0.25, 0.3) is 0 Å². The van der Waals surface area contributed by atoms with Crippen LogP contribution in [0.1, 0.15) is 51.4 Å². The second-order valence-electron chi connectivity index (χ2n) is 5.74. The van der Waals surface area contributed by atoms with Gasteiger partial charge in [0.05, 0.1) is 0 Å². The summed E-state index contributed by atoms with van der Waals surface area (Å²) in [5.41, 5.74) is 0. The van der Waals surface area contributed by atoms with Gasteiger partial charge in [-0.25, -0.2) is 0 Å². The van der Waals surface area contributed by atoms with Gasteiger partial charge in [0, 0.05) is 0 Å². The second kappa shape index (κ2) is 7.60. The number of halogens is 2. The van der Waals surface area contributed by atoms with Gasteiger partial charge in [-0.15, -0.1) is 0 Å². The Balaban J connectivity index is 2.13. The summed E-state index contributed by atoms with van der Waals surface area (Å²) in [6.07, 6.45) is 11.3. The van der Waals surface area contributed by atoms with E-state index in [0.29, 0.717) is 21.8 Å². The summed E-state index contributed by atoms with van der Waals surface area (Å²) >= 11 is 8.36. The summed E-state index contributed by atoms with van der Waals surface area (Å²) in [4.78, 5) is 1.38. The number of methoxy groups -OCH3 is 2. The van der Waals surface area contributed by atoms with Crippen LogP contribution in [0.5, 0.6) is 0 Å². The average molecular weight is 465 g/mol. The fraction of sp³-hybridized carbons (Fsp3) is 1.00.